The van der Waals surface area contributed by atoms with Crippen molar-refractivity contribution in [1.82, 2.24) is 28.6 Å². The number of hydrogen-bond acceptors (Lipinski definition) is 7. The van der Waals surface area contributed by atoms with Crippen molar-refractivity contribution in [3.63, 3.8) is 0 Å². The van der Waals surface area contributed by atoms with Crippen LogP contribution in [-0.4, -0.2) is 34.5 Å². The van der Waals surface area contributed by atoms with E-state index in [0.29, 0.717) is 16.9 Å². The highest BCUT2D eigenvalue weighted by Crippen LogP contribution is 2.21. The third kappa shape index (κ3) is 2.87. The Balaban J connectivity index is 1.37. The molecule has 0 saturated heterocycles. The van der Waals surface area contributed by atoms with Gasteiger partial charge in [0.2, 0.25) is 0 Å². The average molecular weight is 387 g/mol. The monoisotopic (exact) mass is 387 g/mol. The van der Waals surface area contributed by atoms with Gasteiger partial charge in [0.25, 0.3) is 5.91 Å². The van der Waals surface area contributed by atoms with Crippen molar-refractivity contribution in [1.29, 1.82) is 0 Å². The van der Waals surface area contributed by atoms with Gasteiger partial charge in [0.05, 0.1) is 17.4 Å². The van der Waals surface area contributed by atoms with E-state index in [0.717, 1.165) is 39.8 Å². The first-order valence-electron chi connectivity index (χ1n) is 8.50. The number of benzene rings is 2. The molecule has 8 nitrogen and oxygen atoms in total. The van der Waals surface area contributed by atoms with E-state index in [4.69, 9.17) is 0 Å². The fourth-order valence-corrected chi connectivity index (χ4v) is 3.42. The fourth-order valence-electron chi connectivity index (χ4n) is 2.90. The first-order chi connectivity index (χ1) is 13.7. The van der Waals surface area contributed by atoms with E-state index in [1.165, 1.54) is 0 Å². The first-order valence-corrected chi connectivity index (χ1v) is 9.23. The molecule has 0 fully saturated rings. The highest BCUT2D eigenvalue weighted by molar-refractivity contribution is 7.00. The minimum absolute atomic E-state index is 0.192. The van der Waals surface area contributed by atoms with Crippen molar-refractivity contribution in [2.75, 3.05) is 5.32 Å². The van der Waals surface area contributed by atoms with Crippen LogP contribution in [-0.2, 0) is 0 Å². The van der Waals surface area contributed by atoms with E-state index in [1.807, 2.05) is 43.3 Å². The second-order valence-corrected chi connectivity index (χ2v) is 6.76. The number of amides is 1. The third-order valence-corrected chi connectivity index (χ3v) is 4.93. The van der Waals surface area contributed by atoms with Crippen molar-refractivity contribution in [2.24, 2.45) is 0 Å². The number of rotatable bonds is 3. The van der Waals surface area contributed by atoms with Crippen molar-refractivity contribution < 1.29 is 4.79 Å². The first kappa shape index (κ1) is 16.5. The number of aryl methyl sites for hydroxylation is 1. The number of carbonyl (C=O) groups excluding carboxylic acids is 1. The Bertz CT molecular complexity index is 1320. The highest BCUT2D eigenvalue weighted by atomic mass is 32.1. The van der Waals surface area contributed by atoms with Crippen molar-refractivity contribution in [3.8, 4) is 11.3 Å². The number of nitrogens with one attached hydrogen (secondary N) is 1. The van der Waals surface area contributed by atoms with Gasteiger partial charge in [0, 0.05) is 16.8 Å². The summed E-state index contributed by atoms with van der Waals surface area (Å²) >= 11 is 1.13. The van der Waals surface area contributed by atoms with Crippen molar-refractivity contribution in [3.05, 3.63) is 66.0 Å². The van der Waals surface area contributed by atoms with Crippen LogP contribution in [0.15, 0.2) is 54.6 Å². The van der Waals surface area contributed by atoms with Crippen LogP contribution in [0.25, 0.3) is 27.9 Å². The molecule has 0 saturated carbocycles. The zero-order valence-electron chi connectivity index (χ0n) is 14.7. The smallest absolute Gasteiger partial charge is 0.255 e. The van der Waals surface area contributed by atoms with Gasteiger partial charge in [-0.15, -0.1) is 10.2 Å². The van der Waals surface area contributed by atoms with Crippen LogP contribution < -0.4 is 5.32 Å². The van der Waals surface area contributed by atoms with Crippen LogP contribution in [0.5, 0.6) is 0 Å². The maximum atomic E-state index is 12.5. The number of fused-ring (bicyclic) bond motifs is 2. The summed E-state index contributed by atoms with van der Waals surface area (Å²) in [6.45, 7) is 1.86. The summed E-state index contributed by atoms with van der Waals surface area (Å²) < 4.78 is 10.0. The molecule has 0 aliphatic heterocycles. The molecule has 0 aliphatic carbocycles. The second kappa shape index (κ2) is 6.46. The van der Waals surface area contributed by atoms with Crippen LogP contribution in [0.1, 0.15) is 16.2 Å². The van der Waals surface area contributed by atoms with Gasteiger partial charge in [-0.3, -0.25) is 4.79 Å². The Hall–Kier alpha value is -3.72. The van der Waals surface area contributed by atoms with Gasteiger partial charge in [-0.05, 0) is 49.4 Å². The molecule has 3 heterocycles. The lowest BCUT2D eigenvalue weighted by atomic mass is 10.1. The Morgan fingerprint density at radius 3 is 2.64 bits per heavy atom. The molecule has 1 N–H and O–H groups in total. The number of aromatic nitrogens is 6. The zero-order valence-corrected chi connectivity index (χ0v) is 15.5. The lowest BCUT2D eigenvalue weighted by Gasteiger charge is -2.07. The molecule has 0 unspecified atom stereocenters. The average Bonchev–Trinajstić information content (AvgIpc) is 3.34. The molecule has 3 aromatic heterocycles. The van der Waals surface area contributed by atoms with E-state index in [-0.39, 0.29) is 5.91 Å². The van der Waals surface area contributed by atoms with E-state index in [9.17, 15) is 4.79 Å². The maximum absolute atomic E-state index is 12.5. The normalized spacial score (nSPS) is 11.2. The van der Waals surface area contributed by atoms with Gasteiger partial charge in [-0.2, -0.15) is 18.4 Å². The summed E-state index contributed by atoms with van der Waals surface area (Å²) in [4.78, 5) is 12.5. The molecule has 0 radical (unpaired) electrons. The Morgan fingerprint density at radius 1 is 0.964 bits per heavy atom. The molecular formula is C19H13N7OS. The fraction of sp³-hybridized carbons (Fsp3) is 0.0526. The minimum Gasteiger partial charge on any atom is -0.322 e. The van der Waals surface area contributed by atoms with E-state index < -0.39 is 0 Å². The van der Waals surface area contributed by atoms with Crippen LogP contribution in [0.2, 0.25) is 0 Å². The second-order valence-electron chi connectivity index (χ2n) is 6.23. The van der Waals surface area contributed by atoms with Crippen LogP contribution in [0.3, 0.4) is 0 Å². The molecule has 0 atom stereocenters. The molecule has 0 aliphatic rings. The molecule has 136 valence electrons. The van der Waals surface area contributed by atoms with E-state index in [1.54, 1.807) is 22.7 Å². The van der Waals surface area contributed by atoms with E-state index in [2.05, 4.69) is 29.4 Å². The molecular weight excluding hydrogens is 374 g/mol. The number of nitrogens with zero attached hydrogens (tertiary/aromatic N) is 6. The molecule has 5 aromatic rings. The standard InChI is InChI=1S/C19H13N7OS/c1-11-21-22-18-9-8-15(23-26(11)18)12-2-5-14(6-3-12)20-19(27)13-4-7-16-17(10-13)25-28-24-16/h2-10H,1H3,(H,20,27). The quantitative estimate of drug-likeness (QED) is 0.510. The zero-order chi connectivity index (χ0) is 19.1. The van der Waals surface area contributed by atoms with Crippen LogP contribution in [0, 0.1) is 6.92 Å². The summed E-state index contributed by atoms with van der Waals surface area (Å²) in [6.07, 6.45) is 0. The lowest BCUT2D eigenvalue weighted by Crippen LogP contribution is -2.11. The highest BCUT2D eigenvalue weighted by Gasteiger charge is 2.10. The summed E-state index contributed by atoms with van der Waals surface area (Å²) in [5.41, 5.74) is 5.19. The lowest BCUT2D eigenvalue weighted by molar-refractivity contribution is 0.102. The maximum Gasteiger partial charge on any atom is 0.255 e. The predicted octanol–water partition coefficient (Wildman–Crippen LogP) is 3.36. The topological polar surface area (TPSA) is 98.0 Å². The number of carbonyl (C=O) groups is 1. The molecule has 0 spiro atoms. The van der Waals surface area contributed by atoms with Crippen molar-refractivity contribution >= 4 is 40.0 Å². The summed E-state index contributed by atoms with van der Waals surface area (Å²) in [5, 5.41) is 15.5. The Kier molecular flexibility index (Phi) is 3.80. The van der Waals surface area contributed by atoms with Crippen LogP contribution in [0.4, 0.5) is 5.69 Å². The van der Waals surface area contributed by atoms with E-state index >= 15 is 0 Å². The predicted molar refractivity (Wildman–Crippen MR) is 106 cm³/mol. The minimum atomic E-state index is -0.192. The summed E-state index contributed by atoms with van der Waals surface area (Å²) in [7, 11) is 0. The van der Waals surface area contributed by atoms with Gasteiger partial charge in [0.1, 0.15) is 11.0 Å². The van der Waals surface area contributed by atoms with Crippen LogP contribution >= 0.6 is 11.7 Å². The molecule has 0 bridgehead atoms. The third-order valence-electron chi connectivity index (χ3n) is 4.37. The summed E-state index contributed by atoms with van der Waals surface area (Å²) in [6, 6.07) is 16.6. The molecule has 5 rings (SSSR count). The molecule has 1 amide bonds. The largest absolute Gasteiger partial charge is 0.322 e. The number of hydrogen-bond donors (Lipinski definition) is 1. The molecule has 28 heavy (non-hydrogen) atoms. The molecule has 2 aromatic carbocycles. The van der Waals surface area contributed by atoms with Gasteiger partial charge >= 0.3 is 0 Å². The van der Waals surface area contributed by atoms with Crippen molar-refractivity contribution in [2.45, 2.75) is 6.92 Å². The van der Waals surface area contributed by atoms with Gasteiger partial charge in [0.15, 0.2) is 11.5 Å². The van der Waals surface area contributed by atoms with Gasteiger partial charge in [-0.25, -0.2) is 0 Å². The Morgan fingerprint density at radius 2 is 1.79 bits per heavy atom. The Labute approximate surface area is 163 Å². The SMILES string of the molecule is Cc1nnc2ccc(-c3ccc(NC(=O)c4ccc5nsnc5c4)cc3)nn12. The molecule has 9 heteroatoms. The number of anilines is 1. The summed E-state index contributed by atoms with van der Waals surface area (Å²) in [5.74, 6) is 0.537. The van der Waals surface area contributed by atoms with Gasteiger partial charge < -0.3 is 5.32 Å². The van der Waals surface area contributed by atoms with Gasteiger partial charge in [-0.1, -0.05) is 12.1 Å².